The van der Waals surface area contributed by atoms with E-state index in [2.05, 4.69) is 26.2 Å². The van der Waals surface area contributed by atoms with Crippen molar-refractivity contribution in [3.63, 3.8) is 0 Å². The molecule has 1 aliphatic heterocycles. The average molecular weight is 363 g/mol. The van der Waals surface area contributed by atoms with Crippen molar-refractivity contribution < 1.29 is 19.1 Å². The molecule has 3 heterocycles. The number of amides is 1. The van der Waals surface area contributed by atoms with Gasteiger partial charge in [0.2, 0.25) is 5.91 Å². The van der Waals surface area contributed by atoms with Crippen molar-refractivity contribution in [2.45, 2.75) is 12.8 Å². The number of ether oxygens (including phenoxy) is 2. The highest BCUT2D eigenvalue weighted by atomic mass is 16.7. The van der Waals surface area contributed by atoms with E-state index in [4.69, 9.17) is 4.74 Å². The first-order valence-electron chi connectivity index (χ1n) is 7.97. The topological polar surface area (TPSA) is 119 Å². The van der Waals surface area contributed by atoms with E-state index in [0.717, 1.165) is 0 Å². The Morgan fingerprint density at radius 1 is 1.41 bits per heavy atom. The van der Waals surface area contributed by atoms with Gasteiger partial charge in [0.1, 0.15) is 12.2 Å². The highest BCUT2D eigenvalue weighted by Crippen LogP contribution is 2.40. The summed E-state index contributed by atoms with van der Waals surface area (Å²) in [6.07, 6.45) is 1.99. The third-order valence-corrected chi connectivity index (χ3v) is 4.45. The van der Waals surface area contributed by atoms with Crippen LogP contribution in [0.2, 0.25) is 0 Å². The first-order chi connectivity index (χ1) is 13.0. The number of rotatable bonds is 2. The number of fused-ring (bicyclic) bond motifs is 2. The SMILES string of the molecule is COC(=O)Oc1cn2ncnc(C3C(=O)Nc4ccc(C#N)cc43)c2c1C. The third-order valence-electron chi connectivity index (χ3n) is 4.45. The van der Waals surface area contributed by atoms with Gasteiger partial charge in [-0.1, -0.05) is 0 Å². The number of nitrogens with zero attached hydrogens (tertiary/aromatic N) is 4. The third kappa shape index (κ3) is 2.55. The number of methoxy groups -OCH3 is 1. The van der Waals surface area contributed by atoms with Crippen LogP contribution in [0.15, 0.2) is 30.7 Å². The quantitative estimate of drug-likeness (QED) is 0.693. The highest BCUT2D eigenvalue weighted by molar-refractivity contribution is 6.06. The van der Waals surface area contributed by atoms with Gasteiger partial charge in [-0.05, 0) is 30.7 Å². The van der Waals surface area contributed by atoms with Gasteiger partial charge in [-0.25, -0.2) is 14.3 Å². The van der Waals surface area contributed by atoms with Crippen molar-refractivity contribution in [1.82, 2.24) is 14.6 Å². The van der Waals surface area contributed by atoms with Gasteiger partial charge in [0, 0.05) is 11.3 Å². The second-order valence-electron chi connectivity index (χ2n) is 5.95. The van der Waals surface area contributed by atoms with Gasteiger partial charge in [-0.3, -0.25) is 4.79 Å². The van der Waals surface area contributed by atoms with Crippen molar-refractivity contribution in [3.8, 4) is 11.8 Å². The summed E-state index contributed by atoms with van der Waals surface area (Å²) in [7, 11) is 1.21. The zero-order chi connectivity index (χ0) is 19.1. The molecule has 2 aromatic heterocycles. The Morgan fingerprint density at radius 2 is 2.22 bits per heavy atom. The molecule has 1 aromatic carbocycles. The fraction of sp³-hybridized carbons (Fsp3) is 0.167. The molecule has 0 saturated carbocycles. The second-order valence-corrected chi connectivity index (χ2v) is 5.95. The first kappa shape index (κ1) is 16.5. The minimum Gasteiger partial charge on any atom is -0.437 e. The van der Waals surface area contributed by atoms with Crippen LogP contribution in [0.25, 0.3) is 5.52 Å². The van der Waals surface area contributed by atoms with Crippen LogP contribution >= 0.6 is 0 Å². The molecular weight excluding hydrogens is 350 g/mol. The molecular formula is C18H13N5O4. The number of aromatic nitrogens is 3. The molecule has 4 rings (SSSR count). The van der Waals surface area contributed by atoms with Crippen LogP contribution in [-0.2, 0) is 9.53 Å². The van der Waals surface area contributed by atoms with E-state index in [9.17, 15) is 14.9 Å². The van der Waals surface area contributed by atoms with Crippen LogP contribution < -0.4 is 10.1 Å². The monoisotopic (exact) mass is 363 g/mol. The Bertz CT molecular complexity index is 1140. The molecule has 1 unspecified atom stereocenters. The van der Waals surface area contributed by atoms with Gasteiger partial charge in [-0.15, -0.1) is 0 Å². The van der Waals surface area contributed by atoms with Gasteiger partial charge < -0.3 is 14.8 Å². The molecule has 134 valence electrons. The van der Waals surface area contributed by atoms with Crippen LogP contribution in [0.1, 0.15) is 28.3 Å². The number of carbonyl (C=O) groups is 2. The summed E-state index contributed by atoms with van der Waals surface area (Å²) < 4.78 is 11.2. The number of nitrogens with one attached hydrogen (secondary N) is 1. The number of hydrogen-bond donors (Lipinski definition) is 1. The van der Waals surface area contributed by atoms with Gasteiger partial charge in [0.15, 0.2) is 5.75 Å². The molecule has 9 nitrogen and oxygen atoms in total. The predicted molar refractivity (Wildman–Crippen MR) is 92.4 cm³/mol. The maximum absolute atomic E-state index is 12.6. The minimum absolute atomic E-state index is 0.253. The molecule has 0 bridgehead atoms. The van der Waals surface area contributed by atoms with Crippen molar-refractivity contribution in [2.75, 3.05) is 12.4 Å². The second kappa shape index (κ2) is 6.10. The average Bonchev–Trinajstić information content (AvgIpc) is 3.17. The van der Waals surface area contributed by atoms with Crippen molar-refractivity contribution >= 4 is 23.3 Å². The van der Waals surface area contributed by atoms with Crippen LogP contribution in [-0.4, -0.2) is 33.8 Å². The number of anilines is 1. The zero-order valence-corrected chi connectivity index (χ0v) is 14.4. The summed E-state index contributed by atoms with van der Waals surface area (Å²) in [6, 6.07) is 7.08. The van der Waals surface area contributed by atoms with Crippen LogP contribution in [0, 0.1) is 18.3 Å². The van der Waals surface area contributed by atoms with E-state index < -0.39 is 12.1 Å². The highest BCUT2D eigenvalue weighted by Gasteiger charge is 2.35. The first-order valence-corrected chi connectivity index (χ1v) is 7.97. The number of carbonyl (C=O) groups excluding carboxylic acids is 2. The van der Waals surface area contributed by atoms with Gasteiger partial charge >= 0.3 is 6.16 Å². The van der Waals surface area contributed by atoms with Crippen LogP contribution in [0.4, 0.5) is 10.5 Å². The van der Waals surface area contributed by atoms with E-state index in [1.54, 1.807) is 25.1 Å². The van der Waals surface area contributed by atoms with Crippen LogP contribution in [0.5, 0.6) is 5.75 Å². The maximum atomic E-state index is 12.6. The lowest BCUT2D eigenvalue weighted by molar-refractivity contribution is -0.116. The van der Waals surface area contributed by atoms with Crippen molar-refractivity contribution in [2.24, 2.45) is 0 Å². The Hall–Kier alpha value is -3.93. The molecule has 9 heteroatoms. The van der Waals surface area contributed by atoms with Crippen molar-refractivity contribution in [3.05, 3.63) is 53.1 Å². The van der Waals surface area contributed by atoms with Gasteiger partial charge in [0.25, 0.3) is 0 Å². The molecule has 1 N–H and O–H groups in total. The Morgan fingerprint density at radius 3 is 2.96 bits per heavy atom. The fourth-order valence-corrected chi connectivity index (χ4v) is 3.21. The standard InChI is InChI=1S/C18H13N5O4/c1-9-13(27-18(25)26-2)7-23-16(9)15(20-8-21-23)14-11-5-10(6-19)3-4-12(11)22-17(14)24/h3-5,7-8,14H,1-2H3,(H,22,24). The predicted octanol–water partition coefficient (Wildman–Crippen LogP) is 2.14. The normalized spacial score (nSPS) is 15.1. The molecule has 3 aromatic rings. The lowest BCUT2D eigenvalue weighted by Gasteiger charge is -2.10. The molecule has 1 amide bonds. The molecule has 0 spiro atoms. The Kier molecular flexibility index (Phi) is 3.74. The smallest absolute Gasteiger partial charge is 0.437 e. The van der Waals surface area contributed by atoms with Crippen molar-refractivity contribution in [1.29, 1.82) is 5.26 Å². The summed E-state index contributed by atoms with van der Waals surface area (Å²) in [5.74, 6) is -0.705. The van der Waals surface area contributed by atoms with Crippen LogP contribution in [0.3, 0.4) is 0 Å². The molecule has 0 fully saturated rings. The number of hydrogen-bond acceptors (Lipinski definition) is 7. The number of nitriles is 1. The molecule has 27 heavy (non-hydrogen) atoms. The van der Waals surface area contributed by atoms with Gasteiger partial charge in [0.05, 0.1) is 36.1 Å². The summed E-state index contributed by atoms with van der Waals surface area (Å²) in [5, 5.41) is 16.1. The summed E-state index contributed by atoms with van der Waals surface area (Å²) in [5.41, 5.74) is 3.34. The lowest BCUT2D eigenvalue weighted by atomic mass is 9.94. The van der Waals surface area contributed by atoms with E-state index in [-0.39, 0.29) is 11.7 Å². The fourth-order valence-electron chi connectivity index (χ4n) is 3.21. The summed E-state index contributed by atoms with van der Waals surface area (Å²) in [4.78, 5) is 28.4. The van der Waals surface area contributed by atoms with Gasteiger partial charge in [-0.2, -0.15) is 10.4 Å². The largest absolute Gasteiger partial charge is 0.513 e. The Balaban J connectivity index is 1.90. The lowest BCUT2D eigenvalue weighted by Crippen LogP contribution is -2.16. The van der Waals surface area contributed by atoms with E-state index in [1.807, 2.05) is 0 Å². The van der Waals surface area contributed by atoms with E-state index in [1.165, 1.54) is 24.1 Å². The molecule has 0 saturated heterocycles. The summed E-state index contributed by atoms with van der Waals surface area (Å²) >= 11 is 0. The van der Waals surface area contributed by atoms with E-state index in [0.29, 0.717) is 33.6 Å². The number of aryl methyl sites for hydroxylation is 1. The molecule has 0 radical (unpaired) electrons. The molecule has 0 aliphatic carbocycles. The zero-order valence-electron chi connectivity index (χ0n) is 14.4. The minimum atomic E-state index is -0.855. The molecule has 1 aliphatic rings. The molecule has 1 atom stereocenters. The summed E-state index contributed by atoms with van der Waals surface area (Å²) in [6.45, 7) is 1.74. The Labute approximate surface area is 153 Å². The maximum Gasteiger partial charge on any atom is 0.513 e. The number of benzene rings is 1. The van der Waals surface area contributed by atoms with E-state index >= 15 is 0 Å².